The Balaban J connectivity index is 1.19. The second-order valence-corrected chi connectivity index (χ2v) is 12.8. The maximum atomic E-state index is 12.9. The monoisotopic (exact) mass is 740 g/mol. The largest absolute Gasteiger partial charge is 0.504 e. The second-order valence-electron chi connectivity index (χ2n) is 11.9. The van der Waals surface area contributed by atoms with Gasteiger partial charge in [-0.3, -0.25) is 4.79 Å². The van der Waals surface area contributed by atoms with Gasteiger partial charge < -0.3 is 64.5 Å². The van der Waals surface area contributed by atoms with E-state index in [9.17, 15) is 35.4 Å². The molecule has 0 radical (unpaired) electrons. The first-order valence-electron chi connectivity index (χ1n) is 15.4. The average molecular weight is 742 g/mol. The lowest BCUT2D eigenvalue weighted by atomic mass is 9.83. The number of aliphatic hydroxyl groups is 5. The molecule has 3 fully saturated rings. The molecule has 50 heavy (non-hydrogen) atoms. The van der Waals surface area contributed by atoms with Gasteiger partial charge in [-0.15, -0.1) is 0 Å². The summed E-state index contributed by atoms with van der Waals surface area (Å²) in [7, 11) is 1.39. The number of amides is 1. The Morgan fingerprint density at radius 1 is 1.00 bits per heavy atom. The number of hydrogen-bond donors (Lipinski definition) is 7. The number of phenolic OH excluding ortho intramolecular Hbond substituents is 1. The maximum absolute atomic E-state index is 12.9. The number of nitrogens with one attached hydrogen (secondary N) is 1. The zero-order valence-electron chi connectivity index (χ0n) is 27.1. The van der Waals surface area contributed by atoms with Crippen LogP contribution in [-0.2, 0) is 23.8 Å². The van der Waals surface area contributed by atoms with Gasteiger partial charge in [0.2, 0.25) is 12.2 Å². The number of carbonyl (C=O) groups is 1. The van der Waals surface area contributed by atoms with E-state index in [0.29, 0.717) is 27.5 Å². The minimum Gasteiger partial charge on any atom is -0.504 e. The fraction of sp³-hybridized carbons (Fsp3) is 0.455. The van der Waals surface area contributed by atoms with Gasteiger partial charge in [0.25, 0.3) is 0 Å². The summed E-state index contributed by atoms with van der Waals surface area (Å²) in [4.78, 5) is 17.6. The SMILES string of the molecule is CON=Cc1cc(Cl)cc(Cl)c1OC/C=C(\C)[C@H]1O[C@@H](Oc2ccc(/C=C(\C)C(=O)N[C@@H]3[C@H](O)[C@@H](O)[C@H]4OCO[C@H]4[C@@H]3O)cc2O)[C@@H](O)[C@@H]1O. The highest BCUT2D eigenvalue weighted by atomic mass is 35.5. The molecule has 1 saturated carbocycles. The molecule has 10 atom stereocenters. The van der Waals surface area contributed by atoms with Gasteiger partial charge >= 0.3 is 0 Å². The van der Waals surface area contributed by atoms with Gasteiger partial charge in [-0.25, -0.2) is 0 Å². The van der Waals surface area contributed by atoms with E-state index in [4.69, 9.17) is 51.7 Å². The Labute approximate surface area is 296 Å². The molecule has 0 bridgehead atoms. The molecule has 0 unspecified atom stereocenters. The molecule has 2 saturated heterocycles. The van der Waals surface area contributed by atoms with E-state index in [-0.39, 0.29) is 35.5 Å². The molecule has 2 heterocycles. The fourth-order valence-electron chi connectivity index (χ4n) is 5.82. The predicted octanol–water partition coefficient (Wildman–Crippen LogP) is 1.26. The van der Waals surface area contributed by atoms with Crippen molar-refractivity contribution < 1.29 is 64.0 Å². The minimum absolute atomic E-state index is 0.0105. The summed E-state index contributed by atoms with van der Waals surface area (Å²) in [6, 6.07) is 6.10. The lowest BCUT2D eigenvalue weighted by Gasteiger charge is -2.41. The highest BCUT2D eigenvalue weighted by Gasteiger charge is 2.53. The highest BCUT2D eigenvalue weighted by Crippen LogP contribution is 2.35. The number of ether oxygens (including phenoxy) is 5. The van der Waals surface area contributed by atoms with Crippen molar-refractivity contribution in [3.63, 3.8) is 0 Å². The Morgan fingerprint density at radius 2 is 1.72 bits per heavy atom. The molecule has 2 aliphatic heterocycles. The zero-order chi connectivity index (χ0) is 36.3. The molecule has 3 aliphatic rings. The molecule has 1 amide bonds. The average Bonchev–Trinajstić information content (AvgIpc) is 3.68. The molecular formula is C33H38Cl2N2O13. The molecule has 15 nitrogen and oxygen atoms in total. The number of rotatable bonds is 11. The molecule has 17 heteroatoms. The lowest BCUT2D eigenvalue weighted by molar-refractivity contribution is -0.155. The Hall–Kier alpha value is -3.48. The van der Waals surface area contributed by atoms with E-state index in [0.717, 1.165) is 0 Å². The van der Waals surface area contributed by atoms with Crippen molar-refractivity contribution in [2.75, 3.05) is 20.5 Å². The zero-order valence-corrected chi connectivity index (χ0v) is 28.6. The van der Waals surface area contributed by atoms with Crippen LogP contribution >= 0.6 is 23.2 Å². The van der Waals surface area contributed by atoms with Gasteiger partial charge in [-0.1, -0.05) is 34.4 Å². The molecule has 1 aliphatic carbocycles. The van der Waals surface area contributed by atoms with Crippen molar-refractivity contribution in [1.29, 1.82) is 0 Å². The van der Waals surface area contributed by atoms with Crippen molar-refractivity contribution in [1.82, 2.24) is 5.32 Å². The number of nitrogens with zero attached hydrogens (tertiary/aromatic N) is 1. The number of hydrogen-bond acceptors (Lipinski definition) is 14. The number of aromatic hydroxyl groups is 1. The smallest absolute Gasteiger partial charge is 0.247 e. The van der Waals surface area contributed by atoms with Crippen molar-refractivity contribution in [3.8, 4) is 17.2 Å². The van der Waals surface area contributed by atoms with Gasteiger partial charge in [-0.2, -0.15) is 0 Å². The first kappa shape index (κ1) is 37.8. The van der Waals surface area contributed by atoms with Crippen LogP contribution in [0.2, 0.25) is 10.0 Å². The van der Waals surface area contributed by atoms with Crippen LogP contribution in [0.4, 0.5) is 0 Å². The van der Waals surface area contributed by atoms with Crippen LogP contribution in [-0.4, -0.2) is 124 Å². The molecule has 0 aromatic heterocycles. The molecule has 5 rings (SSSR count). The van der Waals surface area contributed by atoms with Gasteiger partial charge in [0, 0.05) is 16.2 Å². The third-order valence-corrected chi connectivity index (χ3v) is 9.00. The Kier molecular flexibility index (Phi) is 12.3. The molecule has 2 aromatic carbocycles. The molecule has 0 spiro atoms. The van der Waals surface area contributed by atoms with Crippen LogP contribution in [0.1, 0.15) is 25.0 Å². The molecular weight excluding hydrogens is 703 g/mol. The molecule has 272 valence electrons. The van der Waals surface area contributed by atoms with Crippen LogP contribution < -0.4 is 14.8 Å². The maximum Gasteiger partial charge on any atom is 0.247 e. The predicted molar refractivity (Wildman–Crippen MR) is 178 cm³/mol. The minimum atomic E-state index is -1.51. The van der Waals surface area contributed by atoms with E-state index in [1.165, 1.54) is 50.6 Å². The first-order valence-corrected chi connectivity index (χ1v) is 16.2. The van der Waals surface area contributed by atoms with Crippen molar-refractivity contribution in [2.24, 2.45) is 5.16 Å². The number of halogens is 2. The molecule has 7 N–H and O–H groups in total. The quantitative estimate of drug-likeness (QED) is 0.0748. The van der Waals surface area contributed by atoms with E-state index < -0.39 is 67.1 Å². The van der Waals surface area contributed by atoms with E-state index in [1.807, 2.05) is 0 Å². The van der Waals surface area contributed by atoms with Crippen LogP contribution in [0.3, 0.4) is 0 Å². The summed E-state index contributed by atoms with van der Waals surface area (Å²) in [5.74, 6) is -0.761. The van der Waals surface area contributed by atoms with E-state index >= 15 is 0 Å². The van der Waals surface area contributed by atoms with Gasteiger partial charge in [0.15, 0.2) is 11.5 Å². The lowest BCUT2D eigenvalue weighted by Crippen LogP contribution is -2.67. The van der Waals surface area contributed by atoms with Gasteiger partial charge in [0.05, 0.1) is 17.3 Å². The Morgan fingerprint density at radius 3 is 2.42 bits per heavy atom. The summed E-state index contributed by atoms with van der Waals surface area (Å²) in [6.45, 7) is 3.01. The number of phenols is 1. The topological polar surface area (TPSA) is 218 Å². The van der Waals surface area contributed by atoms with E-state index in [1.54, 1.807) is 19.1 Å². The first-order chi connectivity index (χ1) is 23.8. The van der Waals surface area contributed by atoms with Gasteiger partial charge in [0.1, 0.15) is 75.1 Å². The standard InChI is InChI=1S/C33H38Cl2N2O13/c1-14(6-7-46-29-17(12-36-45-3)10-18(34)11-19(29)35)28-26(42)27(43)33(50-28)49-21-5-4-16(9-20(21)38)8-15(2)32(44)37-22-23(39)25(41)31-30(24(22)40)47-13-48-31/h4-6,8-12,22-28,30-31,33,38-43H,7,13H2,1-3H3,(H,37,44)/b14-6+,15-8+,36-12?/t22-,23+,24-,25-,26+,27+,28-,30+,31-,33-/m1/s1. The third-order valence-electron chi connectivity index (χ3n) is 8.50. The fourth-order valence-corrected chi connectivity index (χ4v) is 6.38. The van der Waals surface area contributed by atoms with Crippen LogP contribution in [0.5, 0.6) is 17.2 Å². The number of oxime groups is 1. The van der Waals surface area contributed by atoms with Crippen molar-refractivity contribution >= 4 is 41.4 Å². The number of aliphatic hydroxyl groups excluding tert-OH is 5. The summed E-state index contributed by atoms with van der Waals surface area (Å²) in [6.07, 6.45) is -6.76. The number of carbonyl (C=O) groups excluding carboxylic acids is 1. The van der Waals surface area contributed by atoms with Crippen LogP contribution in [0.15, 0.2) is 52.7 Å². The Bertz CT molecular complexity index is 1640. The van der Waals surface area contributed by atoms with Crippen LogP contribution in [0.25, 0.3) is 6.08 Å². The normalized spacial score (nSPS) is 31.5. The summed E-state index contributed by atoms with van der Waals surface area (Å²) < 4.78 is 27.8. The van der Waals surface area contributed by atoms with E-state index in [2.05, 4.69) is 10.5 Å². The number of fused-ring (bicyclic) bond motifs is 1. The number of benzene rings is 2. The van der Waals surface area contributed by atoms with Gasteiger partial charge in [-0.05, 0) is 61.4 Å². The second kappa shape index (κ2) is 16.2. The summed E-state index contributed by atoms with van der Waals surface area (Å²) >= 11 is 12.4. The van der Waals surface area contributed by atoms with Crippen LogP contribution in [0, 0.1) is 0 Å². The third kappa shape index (κ3) is 8.18. The summed E-state index contributed by atoms with van der Waals surface area (Å²) in [5, 5.41) is 70.4. The van der Waals surface area contributed by atoms with Crippen molar-refractivity contribution in [3.05, 3.63) is 68.7 Å². The molecule has 2 aromatic rings. The van der Waals surface area contributed by atoms with Crippen molar-refractivity contribution in [2.45, 2.75) is 75.0 Å². The summed E-state index contributed by atoms with van der Waals surface area (Å²) in [5.41, 5.74) is 1.54. The highest BCUT2D eigenvalue weighted by molar-refractivity contribution is 6.36.